The van der Waals surface area contributed by atoms with Gasteiger partial charge in [0.2, 0.25) is 0 Å². The second kappa shape index (κ2) is 8.30. The topological polar surface area (TPSA) is 58.2 Å². The summed E-state index contributed by atoms with van der Waals surface area (Å²) in [4.78, 5) is 22.9. The maximum absolute atomic E-state index is 12.7. The highest BCUT2D eigenvalue weighted by Gasteiger charge is 2.11. The molecule has 1 aromatic rings. The Balaban J connectivity index is 2.22. The maximum atomic E-state index is 12.7. The van der Waals surface area contributed by atoms with Crippen molar-refractivity contribution in [2.75, 3.05) is 13.1 Å². The first-order valence-electron chi connectivity index (χ1n) is 6.79. The Labute approximate surface area is 118 Å². The standard InChI is InChI=1S/C15H21FN2O2/c1-11(2)7-9-17-14(19)15(20)18-10-8-12-3-5-13(16)6-4-12/h3-6,11H,7-10H2,1-2H3,(H,17,19)(H,18,20). The highest BCUT2D eigenvalue weighted by Crippen LogP contribution is 2.02. The molecule has 0 spiro atoms. The lowest BCUT2D eigenvalue weighted by molar-refractivity contribution is -0.139. The number of rotatable bonds is 6. The van der Waals surface area contributed by atoms with E-state index in [4.69, 9.17) is 0 Å². The largest absolute Gasteiger partial charge is 0.348 e. The van der Waals surface area contributed by atoms with Gasteiger partial charge in [-0.15, -0.1) is 0 Å². The van der Waals surface area contributed by atoms with E-state index < -0.39 is 11.8 Å². The molecule has 110 valence electrons. The van der Waals surface area contributed by atoms with Crippen molar-refractivity contribution in [3.05, 3.63) is 35.6 Å². The lowest BCUT2D eigenvalue weighted by Gasteiger charge is -2.08. The molecule has 2 amide bonds. The Bertz CT molecular complexity index is 444. The molecule has 0 fully saturated rings. The smallest absolute Gasteiger partial charge is 0.309 e. The molecule has 20 heavy (non-hydrogen) atoms. The first-order valence-corrected chi connectivity index (χ1v) is 6.79. The molecular weight excluding hydrogens is 259 g/mol. The molecule has 0 aliphatic rings. The Morgan fingerprint density at radius 1 is 1.05 bits per heavy atom. The first kappa shape index (κ1) is 16.1. The van der Waals surface area contributed by atoms with Crippen LogP contribution in [0.1, 0.15) is 25.8 Å². The highest BCUT2D eigenvalue weighted by atomic mass is 19.1. The van der Waals surface area contributed by atoms with Crippen molar-refractivity contribution in [2.24, 2.45) is 5.92 Å². The number of benzene rings is 1. The molecule has 0 saturated heterocycles. The molecule has 0 radical (unpaired) electrons. The average molecular weight is 280 g/mol. The van der Waals surface area contributed by atoms with Crippen molar-refractivity contribution >= 4 is 11.8 Å². The molecule has 0 atom stereocenters. The van der Waals surface area contributed by atoms with Crippen molar-refractivity contribution in [2.45, 2.75) is 26.7 Å². The van der Waals surface area contributed by atoms with Crippen LogP contribution in [0.2, 0.25) is 0 Å². The lowest BCUT2D eigenvalue weighted by atomic mass is 10.1. The van der Waals surface area contributed by atoms with Gasteiger partial charge in [0.25, 0.3) is 0 Å². The van der Waals surface area contributed by atoms with Crippen LogP contribution in [0.15, 0.2) is 24.3 Å². The fourth-order valence-corrected chi connectivity index (χ4v) is 1.61. The zero-order valence-corrected chi connectivity index (χ0v) is 11.9. The van der Waals surface area contributed by atoms with E-state index in [1.165, 1.54) is 12.1 Å². The predicted octanol–water partition coefficient (Wildman–Crippen LogP) is 1.65. The number of nitrogens with one attached hydrogen (secondary N) is 2. The molecule has 2 N–H and O–H groups in total. The fourth-order valence-electron chi connectivity index (χ4n) is 1.61. The quantitative estimate of drug-likeness (QED) is 0.778. The molecule has 1 rings (SSSR count). The molecule has 0 aromatic heterocycles. The molecule has 0 heterocycles. The molecule has 0 bridgehead atoms. The van der Waals surface area contributed by atoms with E-state index in [0.29, 0.717) is 25.4 Å². The van der Waals surface area contributed by atoms with Crippen LogP contribution >= 0.6 is 0 Å². The monoisotopic (exact) mass is 280 g/mol. The average Bonchev–Trinajstić information content (AvgIpc) is 2.40. The molecule has 0 unspecified atom stereocenters. The maximum Gasteiger partial charge on any atom is 0.309 e. The predicted molar refractivity (Wildman–Crippen MR) is 75.6 cm³/mol. The molecule has 0 saturated carbocycles. The number of hydrogen-bond donors (Lipinski definition) is 2. The normalized spacial score (nSPS) is 10.4. The lowest BCUT2D eigenvalue weighted by Crippen LogP contribution is -2.41. The minimum Gasteiger partial charge on any atom is -0.348 e. The summed E-state index contributed by atoms with van der Waals surface area (Å²) in [6.45, 7) is 4.95. The third-order valence-electron chi connectivity index (χ3n) is 2.83. The van der Waals surface area contributed by atoms with Crippen LogP contribution in [0.4, 0.5) is 4.39 Å². The van der Waals surface area contributed by atoms with Gasteiger partial charge in [-0.2, -0.15) is 0 Å². The van der Waals surface area contributed by atoms with Gasteiger partial charge in [0.1, 0.15) is 5.82 Å². The summed E-state index contributed by atoms with van der Waals surface area (Å²) in [5, 5.41) is 5.11. The summed E-state index contributed by atoms with van der Waals surface area (Å²) >= 11 is 0. The number of carbonyl (C=O) groups excluding carboxylic acids is 2. The third kappa shape index (κ3) is 6.31. The van der Waals surface area contributed by atoms with Crippen molar-refractivity contribution in [1.29, 1.82) is 0 Å². The van der Waals surface area contributed by atoms with E-state index in [1.54, 1.807) is 12.1 Å². The highest BCUT2D eigenvalue weighted by molar-refractivity contribution is 6.35. The van der Waals surface area contributed by atoms with Gasteiger partial charge in [-0.1, -0.05) is 26.0 Å². The number of carbonyl (C=O) groups is 2. The van der Waals surface area contributed by atoms with E-state index in [-0.39, 0.29) is 5.82 Å². The second-order valence-electron chi connectivity index (χ2n) is 5.07. The Kier molecular flexibility index (Phi) is 6.70. The van der Waals surface area contributed by atoms with E-state index in [1.807, 2.05) is 0 Å². The van der Waals surface area contributed by atoms with Gasteiger partial charge >= 0.3 is 11.8 Å². The van der Waals surface area contributed by atoms with Crippen LogP contribution in [0.5, 0.6) is 0 Å². The summed E-state index contributed by atoms with van der Waals surface area (Å²) in [6, 6.07) is 6.06. The molecule has 4 nitrogen and oxygen atoms in total. The van der Waals surface area contributed by atoms with Gasteiger partial charge in [-0.05, 0) is 36.5 Å². The zero-order chi connectivity index (χ0) is 15.0. The minimum absolute atomic E-state index is 0.290. The minimum atomic E-state index is -0.629. The van der Waals surface area contributed by atoms with Crippen LogP contribution in [-0.4, -0.2) is 24.9 Å². The van der Waals surface area contributed by atoms with Gasteiger partial charge in [0.15, 0.2) is 0 Å². The van der Waals surface area contributed by atoms with Crippen LogP contribution in [0.25, 0.3) is 0 Å². The molecular formula is C15H21FN2O2. The summed E-state index contributed by atoms with van der Waals surface area (Å²) in [7, 11) is 0. The van der Waals surface area contributed by atoms with Gasteiger partial charge < -0.3 is 10.6 Å². The summed E-state index contributed by atoms with van der Waals surface area (Å²) < 4.78 is 12.7. The van der Waals surface area contributed by atoms with Gasteiger partial charge in [0, 0.05) is 13.1 Å². The van der Waals surface area contributed by atoms with Crippen molar-refractivity contribution in [3.63, 3.8) is 0 Å². The fraction of sp³-hybridized carbons (Fsp3) is 0.467. The van der Waals surface area contributed by atoms with Gasteiger partial charge in [-0.3, -0.25) is 9.59 Å². The third-order valence-corrected chi connectivity index (χ3v) is 2.83. The van der Waals surface area contributed by atoms with Gasteiger partial charge in [-0.25, -0.2) is 4.39 Å². The van der Waals surface area contributed by atoms with Crippen molar-refractivity contribution in [3.8, 4) is 0 Å². The second-order valence-corrected chi connectivity index (χ2v) is 5.07. The Morgan fingerprint density at radius 2 is 1.60 bits per heavy atom. The SMILES string of the molecule is CC(C)CCNC(=O)C(=O)NCCc1ccc(F)cc1. The number of halogens is 1. The Hall–Kier alpha value is -1.91. The summed E-state index contributed by atoms with van der Waals surface area (Å²) in [5.41, 5.74) is 0.909. The van der Waals surface area contributed by atoms with E-state index in [9.17, 15) is 14.0 Å². The molecule has 0 aliphatic carbocycles. The van der Waals surface area contributed by atoms with Crippen molar-refractivity contribution < 1.29 is 14.0 Å². The summed E-state index contributed by atoms with van der Waals surface area (Å²) in [6.07, 6.45) is 1.40. The zero-order valence-electron chi connectivity index (χ0n) is 11.9. The van der Waals surface area contributed by atoms with Crippen molar-refractivity contribution in [1.82, 2.24) is 10.6 Å². The molecule has 0 aliphatic heterocycles. The van der Waals surface area contributed by atoms with Gasteiger partial charge in [0.05, 0.1) is 0 Å². The van der Waals surface area contributed by atoms with Crippen LogP contribution in [0.3, 0.4) is 0 Å². The van der Waals surface area contributed by atoms with E-state index in [2.05, 4.69) is 24.5 Å². The molecule has 1 aromatic carbocycles. The number of hydrogen-bond acceptors (Lipinski definition) is 2. The van der Waals surface area contributed by atoms with Crippen LogP contribution in [-0.2, 0) is 16.0 Å². The first-order chi connectivity index (χ1) is 9.49. The van der Waals surface area contributed by atoms with E-state index in [0.717, 1.165) is 12.0 Å². The van der Waals surface area contributed by atoms with Crippen LogP contribution < -0.4 is 10.6 Å². The summed E-state index contributed by atoms with van der Waals surface area (Å²) in [5.74, 6) is -1.04. The number of amides is 2. The van der Waals surface area contributed by atoms with E-state index >= 15 is 0 Å². The van der Waals surface area contributed by atoms with Crippen LogP contribution in [0, 0.1) is 11.7 Å². The Morgan fingerprint density at radius 3 is 2.15 bits per heavy atom. The molecule has 5 heteroatoms.